The first-order valence-corrected chi connectivity index (χ1v) is 9.32. The number of benzene rings is 2. The molecule has 0 unspecified atom stereocenters. The van der Waals surface area contributed by atoms with Crippen LogP contribution in [0, 0.1) is 6.92 Å². The number of para-hydroxylation sites is 2. The van der Waals surface area contributed by atoms with Gasteiger partial charge in [0.2, 0.25) is 5.89 Å². The largest absolute Gasteiger partial charge is 0.452 e. The average molecular weight is 393 g/mol. The number of ether oxygens (including phenoxy) is 1. The van der Waals surface area contributed by atoms with E-state index in [2.05, 4.69) is 15.3 Å². The lowest BCUT2D eigenvalue weighted by molar-refractivity contribution is -0.119. The smallest absolute Gasteiger partial charge is 0.339 e. The van der Waals surface area contributed by atoms with Crippen LogP contribution in [-0.4, -0.2) is 28.5 Å². The van der Waals surface area contributed by atoms with Crippen molar-refractivity contribution in [2.75, 3.05) is 11.9 Å². The number of amides is 1. The quantitative estimate of drug-likeness (QED) is 0.514. The van der Waals surface area contributed by atoms with E-state index in [0.29, 0.717) is 27.7 Å². The maximum atomic E-state index is 12.5. The van der Waals surface area contributed by atoms with Crippen LogP contribution in [0.1, 0.15) is 16.1 Å². The van der Waals surface area contributed by atoms with E-state index in [-0.39, 0.29) is 5.56 Å². The molecular weight excluding hydrogens is 378 g/mol. The summed E-state index contributed by atoms with van der Waals surface area (Å²) in [6, 6.07) is 14.1. The Kier molecular flexibility index (Phi) is 4.86. The van der Waals surface area contributed by atoms with Gasteiger partial charge in [-0.15, -0.1) is 11.3 Å². The predicted octanol–water partition coefficient (Wildman–Crippen LogP) is 4.06. The summed E-state index contributed by atoms with van der Waals surface area (Å²) in [4.78, 5) is 33.1. The number of nitrogens with one attached hydrogen (secondary N) is 1. The Hall–Kier alpha value is -3.52. The summed E-state index contributed by atoms with van der Waals surface area (Å²) in [7, 11) is 0. The zero-order valence-corrected chi connectivity index (χ0v) is 15.7. The average Bonchev–Trinajstić information content (AvgIpc) is 3.32. The molecule has 1 amide bonds. The molecule has 2 aromatic carbocycles. The number of rotatable bonds is 5. The maximum Gasteiger partial charge on any atom is 0.339 e. The van der Waals surface area contributed by atoms with E-state index in [1.807, 2.05) is 30.5 Å². The molecule has 0 aliphatic rings. The number of hydrogen-bond donors (Lipinski definition) is 1. The fourth-order valence-corrected chi connectivity index (χ4v) is 3.31. The Bertz CT molecular complexity index is 1130. The van der Waals surface area contributed by atoms with E-state index in [0.717, 1.165) is 5.69 Å². The highest BCUT2D eigenvalue weighted by atomic mass is 32.1. The Morgan fingerprint density at radius 1 is 1.11 bits per heavy atom. The van der Waals surface area contributed by atoms with Crippen molar-refractivity contribution in [1.82, 2.24) is 9.97 Å². The summed E-state index contributed by atoms with van der Waals surface area (Å²) in [6.45, 7) is 1.41. The number of aryl methyl sites for hydroxylation is 1. The molecule has 0 bridgehead atoms. The molecule has 0 radical (unpaired) electrons. The fraction of sp³-hybridized carbons (Fsp3) is 0.100. The highest BCUT2D eigenvalue weighted by molar-refractivity contribution is 7.13. The number of nitrogens with zero attached hydrogens (tertiary/aromatic N) is 2. The van der Waals surface area contributed by atoms with Crippen LogP contribution < -0.4 is 5.32 Å². The van der Waals surface area contributed by atoms with Gasteiger partial charge in [0, 0.05) is 5.38 Å². The van der Waals surface area contributed by atoms with Crippen LogP contribution in [0.5, 0.6) is 0 Å². The summed E-state index contributed by atoms with van der Waals surface area (Å²) < 4.78 is 10.9. The fourth-order valence-electron chi connectivity index (χ4n) is 2.61. The summed E-state index contributed by atoms with van der Waals surface area (Å²) >= 11 is 1.31. The topological polar surface area (TPSA) is 94.3 Å². The zero-order chi connectivity index (χ0) is 19.5. The lowest BCUT2D eigenvalue weighted by Crippen LogP contribution is -2.21. The van der Waals surface area contributed by atoms with Crippen molar-refractivity contribution in [3.63, 3.8) is 0 Å². The second kappa shape index (κ2) is 7.61. The summed E-state index contributed by atoms with van der Waals surface area (Å²) in [5.41, 5.74) is 2.90. The minimum atomic E-state index is -0.636. The molecule has 140 valence electrons. The molecule has 0 saturated carbocycles. The van der Waals surface area contributed by atoms with Gasteiger partial charge in [-0.2, -0.15) is 0 Å². The molecule has 7 nitrogen and oxygen atoms in total. The van der Waals surface area contributed by atoms with E-state index < -0.39 is 18.5 Å². The first-order chi connectivity index (χ1) is 13.6. The molecule has 0 aliphatic heterocycles. The molecule has 1 N–H and O–H groups in total. The van der Waals surface area contributed by atoms with Gasteiger partial charge in [0.15, 0.2) is 17.3 Å². The lowest BCUT2D eigenvalue weighted by Gasteiger charge is -2.07. The van der Waals surface area contributed by atoms with Crippen molar-refractivity contribution in [1.29, 1.82) is 0 Å². The molecule has 2 heterocycles. The van der Waals surface area contributed by atoms with E-state index in [9.17, 15) is 9.59 Å². The molecule has 2 aromatic heterocycles. The van der Waals surface area contributed by atoms with Gasteiger partial charge in [-0.05, 0) is 31.2 Å². The summed E-state index contributed by atoms with van der Waals surface area (Å²) in [5.74, 6) is -0.776. The number of carbonyl (C=O) groups is 2. The summed E-state index contributed by atoms with van der Waals surface area (Å²) in [5, 5.41) is 4.88. The molecule has 0 aliphatic carbocycles. The predicted molar refractivity (Wildman–Crippen MR) is 105 cm³/mol. The molecule has 0 spiro atoms. The van der Waals surface area contributed by atoms with Crippen molar-refractivity contribution < 1.29 is 18.7 Å². The number of anilines is 1. The second-order valence-electron chi connectivity index (χ2n) is 5.95. The van der Waals surface area contributed by atoms with Gasteiger partial charge in [0.25, 0.3) is 5.91 Å². The Morgan fingerprint density at radius 3 is 2.68 bits per heavy atom. The van der Waals surface area contributed by atoms with Crippen molar-refractivity contribution in [2.24, 2.45) is 0 Å². The standard InChI is InChI=1S/C20H15N3O4S/c1-12-11-28-20(21-12)23-17(24)10-26-19(25)14-7-3-2-6-13(14)18-22-15-8-4-5-9-16(15)27-18/h2-9,11H,10H2,1H3,(H,21,23,24). The Balaban J connectivity index is 1.49. The molecule has 4 rings (SSSR count). The van der Waals surface area contributed by atoms with Gasteiger partial charge >= 0.3 is 5.97 Å². The minimum absolute atomic E-state index is 0.270. The second-order valence-corrected chi connectivity index (χ2v) is 6.81. The molecule has 4 aromatic rings. The Labute approximate surface area is 164 Å². The van der Waals surface area contributed by atoms with Gasteiger partial charge in [0.1, 0.15) is 5.52 Å². The number of hydrogen-bond acceptors (Lipinski definition) is 7. The highest BCUT2D eigenvalue weighted by Gasteiger charge is 2.19. The van der Waals surface area contributed by atoms with Gasteiger partial charge in [-0.3, -0.25) is 10.1 Å². The number of carbonyl (C=O) groups excluding carboxylic acids is 2. The SMILES string of the molecule is Cc1csc(NC(=O)COC(=O)c2ccccc2-c2nc3ccccc3o2)n1. The Morgan fingerprint density at radius 2 is 1.89 bits per heavy atom. The number of thiazole rings is 1. The van der Waals surface area contributed by atoms with Crippen LogP contribution in [0.25, 0.3) is 22.6 Å². The van der Waals surface area contributed by atoms with Crippen molar-refractivity contribution >= 4 is 39.4 Å². The third-order valence-corrected chi connectivity index (χ3v) is 4.75. The van der Waals surface area contributed by atoms with Gasteiger partial charge in [0.05, 0.1) is 16.8 Å². The number of oxazole rings is 1. The van der Waals surface area contributed by atoms with Gasteiger partial charge in [-0.1, -0.05) is 24.3 Å². The van der Waals surface area contributed by atoms with Crippen LogP contribution in [-0.2, 0) is 9.53 Å². The molecular formula is C20H15N3O4S. The van der Waals surface area contributed by atoms with Crippen LogP contribution >= 0.6 is 11.3 Å². The van der Waals surface area contributed by atoms with Crippen LogP contribution in [0.4, 0.5) is 5.13 Å². The minimum Gasteiger partial charge on any atom is -0.452 e. The summed E-state index contributed by atoms with van der Waals surface area (Å²) in [6.07, 6.45) is 0. The molecule has 8 heteroatoms. The lowest BCUT2D eigenvalue weighted by atomic mass is 10.1. The highest BCUT2D eigenvalue weighted by Crippen LogP contribution is 2.27. The van der Waals surface area contributed by atoms with Gasteiger partial charge in [-0.25, -0.2) is 14.8 Å². The van der Waals surface area contributed by atoms with E-state index >= 15 is 0 Å². The van der Waals surface area contributed by atoms with E-state index in [4.69, 9.17) is 9.15 Å². The molecule has 0 fully saturated rings. The third-order valence-electron chi connectivity index (χ3n) is 3.87. The molecule has 28 heavy (non-hydrogen) atoms. The molecule has 0 atom stereocenters. The number of fused-ring (bicyclic) bond motifs is 1. The molecule has 0 saturated heterocycles. The van der Waals surface area contributed by atoms with Crippen LogP contribution in [0.15, 0.2) is 58.3 Å². The van der Waals surface area contributed by atoms with Gasteiger partial charge < -0.3 is 9.15 Å². The van der Waals surface area contributed by atoms with Crippen molar-refractivity contribution in [2.45, 2.75) is 6.92 Å². The number of aromatic nitrogens is 2. The van der Waals surface area contributed by atoms with Crippen LogP contribution in [0.2, 0.25) is 0 Å². The maximum absolute atomic E-state index is 12.5. The van der Waals surface area contributed by atoms with Crippen molar-refractivity contribution in [3.05, 3.63) is 65.2 Å². The third kappa shape index (κ3) is 3.77. The monoisotopic (exact) mass is 393 g/mol. The van der Waals surface area contributed by atoms with Crippen molar-refractivity contribution in [3.8, 4) is 11.5 Å². The van der Waals surface area contributed by atoms with E-state index in [1.54, 1.807) is 30.3 Å². The first-order valence-electron chi connectivity index (χ1n) is 8.44. The zero-order valence-electron chi connectivity index (χ0n) is 14.8. The number of esters is 1. The van der Waals surface area contributed by atoms with Crippen LogP contribution in [0.3, 0.4) is 0 Å². The first kappa shape index (κ1) is 17.9. The van der Waals surface area contributed by atoms with E-state index in [1.165, 1.54) is 11.3 Å². The normalized spacial score (nSPS) is 10.8.